The summed E-state index contributed by atoms with van der Waals surface area (Å²) in [6, 6.07) is 14.3. The highest BCUT2D eigenvalue weighted by Gasteiger charge is 2.30. The summed E-state index contributed by atoms with van der Waals surface area (Å²) in [7, 11) is 0. The maximum Gasteiger partial charge on any atom is 0.274 e. The standard InChI is InChI=1S/C20H17FN4O2/c1-2-25-18(14-6-4-3-5-7-14)11-17(23-25)20-22-19(24-27-20)15-9-8-13(12-26)10-16(15)21/h3-10,12,18H,2,11H2,1H3. The number of halogens is 1. The summed E-state index contributed by atoms with van der Waals surface area (Å²) in [5, 5.41) is 10.5. The number of nitrogens with zero attached hydrogens (tertiary/aromatic N) is 4. The van der Waals surface area contributed by atoms with Crippen LogP contribution in [0.15, 0.2) is 58.2 Å². The van der Waals surface area contributed by atoms with Gasteiger partial charge in [-0.2, -0.15) is 10.1 Å². The molecule has 1 aliphatic heterocycles. The van der Waals surface area contributed by atoms with Crippen molar-refractivity contribution in [3.05, 3.63) is 71.4 Å². The van der Waals surface area contributed by atoms with Gasteiger partial charge >= 0.3 is 0 Å². The van der Waals surface area contributed by atoms with Gasteiger partial charge in [-0.15, -0.1) is 0 Å². The molecule has 1 unspecified atom stereocenters. The Balaban J connectivity index is 1.61. The third-order valence-electron chi connectivity index (χ3n) is 4.55. The van der Waals surface area contributed by atoms with E-state index in [0.717, 1.165) is 18.2 Å². The first-order valence-corrected chi connectivity index (χ1v) is 8.68. The molecule has 1 aromatic heterocycles. The molecule has 0 saturated carbocycles. The van der Waals surface area contributed by atoms with Gasteiger partial charge in [0.1, 0.15) is 17.8 Å². The largest absolute Gasteiger partial charge is 0.332 e. The average molecular weight is 364 g/mol. The van der Waals surface area contributed by atoms with Gasteiger partial charge in [0.2, 0.25) is 5.82 Å². The van der Waals surface area contributed by atoms with E-state index in [1.165, 1.54) is 12.1 Å². The second kappa shape index (κ2) is 7.11. The molecule has 4 rings (SSSR count). The molecular weight excluding hydrogens is 347 g/mol. The predicted octanol–water partition coefficient (Wildman–Crippen LogP) is 3.86. The van der Waals surface area contributed by atoms with E-state index in [9.17, 15) is 9.18 Å². The number of aromatic nitrogens is 2. The Kier molecular flexibility index (Phi) is 4.50. The summed E-state index contributed by atoms with van der Waals surface area (Å²) in [6.07, 6.45) is 1.22. The monoisotopic (exact) mass is 364 g/mol. The average Bonchev–Trinajstić information content (AvgIpc) is 3.35. The molecule has 7 heteroatoms. The van der Waals surface area contributed by atoms with Crippen LogP contribution in [-0.2, 0) is 0 Å². The van der Waals surface area contributed by atoms with Crippen LogP contribution in [0.25, 0.3) is 11.4 Å². The highest BCUT2D eigenvalue weighted by Crippen LogP contribution is 2.32. The Hall–Kier alpha value is -3.35. The van der Waals surface area contributed by atoms with Crippen molar-refractivity contribution in [1.82, 2.24) is 15.1 Å². The summed E-state index contributed by atoms with van der Waals surface area (Å²) >= 11 is 0. The lowest BCUT2D eigenvalue weighted by Crippen LogP contribution is -2.18. The van der Waals surface area contributed by atoms with Crippen molar-refractivity contribution in [2.45, 2.75) is 19.4 Å². The Morgan fingerprint density at radius 1 is 1.26 bits per heavy atom. The van der Waals surface area contributed by atoms with Crippen molar-refractivity contribution < 1.29 is 13.7 Å². The van der Waals surface area contributed by atoms with Gasteiger partial charge in [0.05, 0.1) is 11.6 Å². The quantitative estimate of drug-likeness (QED) is 0.643. The molecule has 0 N–H and O–H groups in total. The van der Waals surface area contributed by atoms with Gasteiger partial charge in [0, 0.05) is 18.5 Å². The molecule has 0 saturated heterocycles. The summed E-state index contributed by atoms with van der Waals surface area (Å²) in [4.78, 5) is 15.1. The number of hydrazone groups is 1. The van der Waals surface area contributed by atoms with Crippen LogP contribution in [0, 0.1) is 5.82 Å². The lowest BCUT2D eigenvalue weighted by atomic mass is 10.0. The van der Waals surface area contributed by atoms with E-state index >= 15 is 0 Å². The van der Waals surface area contributed by atoms with E-state index in [2.05, 4.69) is 27.4 Å². The first-order valence-electron chi connectivity index (χ1n) is 8.68. The molecule has 2 heterocycles. The number of carbonyl (C=O) groups excluding carboxylic acids is 1. The van der Waals surface area contributed by atoms with Gasteiger partial charge in [0.25, 0.3) is 5.89 Å². The van der Waals surface area contributed by atoms with E-state index < -0.39 is 5.82 Å². The summed E-state index contributed by atoms with van der Waals surface area (Å²) in [6.45, 7) is 2.78. The zero-order valence-electron chi connectivity index (χ0n) is 14.7. The normalized spacial score (nSPS) is 16.4. The topological polar surface area (TPSA) is 71.6 Å². The van der Waals surface area contributed by atoms with E-state index in [-0.39, 0.29) is 28.9 Å². The number of hydrogen-bond donors (Lipinski definition) is 0. The van der Waals surface area contributed by atoms with E-state index in [0.29, 0.717) is 18.4 Å². The Morgan fingerprint density at radius 2 is 2.07 bits per heavy atom. The van der Waals surface area contributed by atoms with Crippen molar-refractivity contribution >= 4 is 12.0 Å². The highest BCUT2D eigenvalue weighted by molar-refractivity contribution is 5.98. The second-order valence-corrected chi connectivity index (χ2v) is 6.21. The lowest BCUT2D eigenvalue weighted by Gasteiger charge is -2.21. The molecule has 0 aliphatic carbocycles. The van der Waals surface area contributed by atoms with E-state index in [1.807, 2.05) is 30.1 Å². The number of carbonyl (C=O) groups is 1. The minimum atomic E-state index is -0.572. The smallest absolute Gasteiger partial charge is 0.274 e. The molecule has 0 radical (unpaired) electrons. The molecule has 1 atom stereocenters. The fraction of sp³-hybridized carbons (Fsp3) is 0.200. The van der Waals surface area contributed by atoms with Crippen LogP contribution >= 0.6 is 0 Å². The van der Waals surface area contributed by atoms with Crippen LogP contribution in [0.2, 0.25) is 0 Å². The molecule has 3 aromatic rings. The molecule has 2 aromatic carbocycles. The van der Waals surface area contributed by atoms with Crippen LogP contribution < -0.4 is 0 Å². The fourth-order valence-electron chi connectivity index (χ4n) is 3.18. The first-order chi connectivity index (χ1) is 13.2. The van der Waals surface area contributed by atoms with Crippen molar-refractivity contribution in [3.8, 4) is 11.4 Å². The number of benzene rings is 2. The zero-order valence-corrected chi connectivity index (χ0v) is 14.7. The molecule has 1 aliphatic rings. The summed E-state index contributed by atoms with van der Waals surface area (Å²) in [5.74, 6) is -0.160. The molecule has 27 heavy (non-hydrogen) atoms. The third-order valence-corrected chi connectivity index (χ3v) is 4.55. The Labute approximate surface area is 155 Å². The van der Waals surface area contributed by atoms with Crippen molar-refractivity contribution in [1.29, 1.82) is 0 Å². The number of aldehydes is 1. The van der Waals surface area contributed by atoms with Gasteiger partial charge in [0.15, 0.2) is 0 Å². The van der Waals surface area contributed by atoms with Crippen molar-refractivity contribution in [3.63, 3.8) is 0 Å². The van der Waals surface area contributed by atoms with Crippen LogP contribution in [0.4, 0.5) is 4.39 Å². The molecule has 0 fully saturated rings. The van der Waals surface area contributed by atoms with Crippen LogP contribution in [0.3, 0.4) is 0 Å². The lowest BCUT2D eigenvalue weighted by molar-refractivity contribution is 0.112. The molecule has 0 amide bonds. The van der Waals surface area contributed by atoms with Crippen LogP contribution in [0.1, 0.15) is 41.2 Å². The zero-order chi connectivity index (χ0) is 18.8. The summed E-state index contributed by atoms with van der Waals surface area (Å²) in [5.41, 5.74) is 2.27. The first kappa shape index (κ1) is 17.1. The highest BCUT2D eigenvalue weighted by atomic mass is 19.1. The molecule has 136 valence electrons. The second-order valence-electron chi connectivity index (χ2n) is 6.21. The fourth-order valence-corrected chi connectivity index (χ4v) is 3.18. The third kappa shape index (κ3) is 3.23. The van der Waals surface area contributed by atoms with Gasteiger partial charge in [-0.1, -0.05) is 41.6 Å². The predicted molar refractivity (Wildman–Crippen MR) is 97.8 cm³/mol. The van der Waals surface area contributed by atoms with E-state index in [4.69, 9.17) is 4.52 Å². The van der Waals surface area contributed by atoms with Crippen LogP contribution in [0.5, 0.6) is 0 Å². The van der Waals surface area contributed by atoms with Crippen LogP contribution in [-0.4, -0.2) is 33.7 Å². The minimum absolute atomic E-state index is 0.102. The number of rotatable bonds is 5. The number of hydrogen-bond acceptors (Lipinski definition) is 6. The molecule has 0 bridgehead atoms. The SMILES string of the molecule is CCN1N=C(c2nc(-c3ccc(C=O)cc3F)no2)CC1c1ccccc1. The van der Waals surface area contributed by atoms with E-state index in [1.54, 1.807) is 0 Å². The minimum Gasteiger partial charge on any atom is -0.332 e. The van der Waals surface area contributed by atoms with Gasteiger partial charge in [-0.25, -0.2) is 4.39 Å². The summed E-state index contributed by atoms with van der Waals surface area (Å²) < 4.78 is 19.5. The van der Waals surface area contributed by atoms with Gasteiger partial charge in [-0.05, 0) is 24.6 Å². The maximum absolute atomic E-state index is 14.2. The van der Waals surface area contributed by atoms with Gasteiger partial charge < -0.3 is 4.52 Å². The Morgan fingerprint density at radius 3 is 2.78 bits per heavy atom. The molecule has 6 nitrogen and oxygen atoms in total. The Bertz CT molecular complexity index is 1000. The van der Waals surface area contributed by atoms with Crippen molar-refractivity contribution in [2.24, 2.45) is 5.10 Å². The maximum atomic E-state index is 14.2. The van der Waals surface area contributed by atoms with Gasteiger partial charge in [-0.3, -0.25) is 9.80 Å². The molecular formula is C20H17FN4O2. The molecule has 0 spiro atoms. The van der Waals surface area contributed by atoms with Crippen molar-refractivity contribution in [2.75, 3.05) is 6.54 Å².